The Balaban J connectivity index is 3.24. The summed E-state index contributed by atoms with van der Waals surface area (Å²) >= 11 is 11.8. The molecule has 0 aliphatic rings. The summed E-state index contributed by atoms with van der Waals surface area (Å²) in [6.07, 6.45) is 0. The number of hydrogen-bond acceptors (Lipinski definition) is 2. The summed E-state index contributed by atoms with van der Waals surface area (Å²) in [5.74, 6) is 0.402. The topological polar surface area (TPSA) is 73.6 Å². The highest BCUT2D eigenvalue weighted by atomic mass is 35.5. The van der Waals surface area contributed by atoms with Gasteiger partial charge in [0.15, 0.2) is 5.96 Å². The molecular weight excluding hydrogens is 225 g/mol. The molecule has 0 bridgehead atoms. The molecule has 4 nitrogen and oxygen atoms in total. The van der Waals surface area contributed by atoms with Gasteiger partial charge in [-0.3, -0.25) is 0 Å². The minimum Gasteiger partial charge on any atom is -0.495 e. The Labute approximate surface area is 91.5 Å². The third kappa shape index (κ3) is 2.21. The highest BCUT2D eigenvalue weighted by molar-refractivity contribution is 6.44. The summed E-state index contributed by atoms with van der Waals surface area (Å²) < 4.78 is 4.96. The summed E-state index contributed by atoms with van der Waals surface area (Å²) in [6, 6.07) is 3.25. The van der Waals surface area contributed by atoms with Crippen LogP contribution in [0.15, 0.2) is 17.1 Å². The molecule has 0 amide bonds. The summed E-state index contributed by atoms with van der Waals surface area (Å²) in [4.78, 5) is 3.80. The third-order valence-electron chi connectivity index (χ3n) is 1.50. The molecule has 4 N–H and O–H groups in total. The summed E-state index contributed by atoms with van der Waals surface area (Å²) in [6.45, 7) is 0. The zero-order valence-electron chi connectivity index (χ0n) is 7.42. The molecule has 14 heavy (non-hydrogen) atoms. The van der Waals surface area contributed by atoms with Crippen molar-refractivity contribution in [2.45, 2.75) is 0 Å². The van der Waals surface area contributed by atoms with E-state index in [1.807, 2.05) is 0 Å². The van der Waals surface area contributed by atoms with E-state index in [9.17, 15) is 0 Å². The molecule has 1 rings (SSSR count). The number of methoxy groups -OCH3 is 1. The lowest BCUT2D eigenvalue weighted by Crippen LogP contribution is -2.21. The predicted octanol–water partition coefficient (Wildman–Crippen LogP) is 1.91. The van der Waals surface area contributed by atoms with Gasteiger partial charge in [0.25, 0.3) is 0 Å². The van der Waals surface area contributed by atoms with Gasteiger partial charge in [-0.25, -0.2) is 4.99 Å². The van der Waals surface area contributed by atoms with E-state index >= 15 is 0 Å². The van der Waals surface area contributed by atoms with Crippen molar-refractivity contribution < 1.29 is 4.74 Å². The Morgan fingerprint density at radius 3 is 2.43 bits per heavy atom. The van der Waals surface area contributed by atoms with Crippen LogP contribution in [0.4, 0.5) is 5.69 Å². The van der Waals surface area contributed by atoms with Gasteiger partial charge in [0.05, 0.1) is 17.8 Å². The fraction of sp³-hybridized carbons (Fsp3) is 0.125. The fourth-order valence-corrected chi connectivity index (χ4v) is 1.34. The van der Waals surface area contributed by atoms with Crippen molar-refractivity contribution >= 4 is 34.8 Å². The highest BCUT2D eigenvalue weighted by Gasteiger charge is 2.09. The summed E-state index contributed by atoms with van der Waals surface area (Å²) in [5.41, 5.74) is 10.8. The van der Waals surface area contributed by atoms with Gasteiger partial charge in [-0.1, -0.05) is 23.2 Å². The van der Waals surface area contributed by atoms with Gasteiger partial charge in [-0.05, 0) is 12.1 Å². The van der Waals surface area contributed by atoms with Gasteiger partial charge in [0.1, 0.15) is 10.8 Å². The minimum atomic E-state index is -0.0758. The molecule has 1 aromatic rings. The second-order valence-electron chi connectivity index (χ2n) is 2.45. The van der Waals surface area contributed by atoms with Crippen LogP contribution in [0.5, 0.6) is 5.75 Å². The number of halogens is 2. The first-order chi connectivity index (χ1) is 6.56. The Bertz CT molecular complexity index is 375. The molecule has 0 saturated heterocycles. The lowest BCUT2D eigenvalue weighted by atomic mass is 10.3. The maximum Gasteiger partial charge on any atom is 0.191 e. The van der Waals surface area contributed by atoms with E-state index in [1.165, 1.54) is 7.11 Å². The van der Waals surface area contributed by atoms with E-state index < -0.39 is 0 Å². The average molecular weight is 234 g/mol. The van der Waals surface area contributed by atoms with Crippen LogP contribution in [0.25, 0.3) is 0 Å². The molecule has 0 aromatic heterocycles. The number of ether oxygens (including phenoxy) is 1. The zero-order valence-corrected chi connectivity index (χ0v) is 8.93. The normalized spacial score (nSPS) is 9.64. The monoisotopic (exact) mass is 233 g/mol. The lowest BCUT2D eigenvalue weighted by Gasteiger charge is -2.06. The molecular formula is C8H9Cl2N3O. The molecule has 0 spiro atoms. The third-order valence-corrected chi connectivity index (χ3v) is 2.35. The second-order valence-corrected chi connectivity index (χ2v) is 3.21. The molecule has 0 heterocycles. The Kier molecular flexibility index (Phi) is 3.43. The summed E-state index contributed by atoms with van der Waals surface area (Å²) in [7, 11) is 1.50. The van der Waals surface area contributed by atoms with Crippen molar-refractivity contribution in [1.29, 1.82) is 0 Å². The SMILES string of the molecule is COc1ccc(N=C(N)N)c(Cl)c1Cl. The standard InChI is InChI=1S/C8H9Cl2N3O/c1-14-5-3-2-4(13-8(11)12)6(9)7(5)10/h2-3H,1H3,(H4,11,12,13). The van der Waals surface area contributed by atoms with Gasteiger partial charge in [0, 0.05) is 0 Å². The first-order valence-corrected chi connectivity index (χ1v) is 4.43. The van der Waals surface area contributed by atoms with Gasteiger partial charge in [0.2, 0.25) is 0 Å². The van der Waals surface area contributed by atoms with Crippen molar-refractivity contribution in [3.63, 3.8) is 0 Å². The second kappa shape index (κ2) is 4.39. The van der Waals surface area contributed by atoms with Crippen LogP contribution < -0.4 is 16.2 Å². The number of nitrogens with zero attached hydrogens (tertiary/aromatic N) is 1. The van der Waals surface area contributed by atoms with Crippen LogP contribution in [0.1, 0.15) is 0 Å². The Morgan fingerprint density at radius 2 is 1.93 bits per heavy atom. The first-order valence-electron chi connectivity index (χ1n) is 3.68. The van der Waals surface area contributed by atoms with Crippen molar-refractivity contribution in [2.24, 2.45) is 16.5 Å². The molecule has 76 valence electrons. The van der Waals surface area contributed by atoms with E-state index in [1.54, 1.807) is 12.1 Å². The van der Waals surface area contributed by atoms with Crippen molar-refractivity contribution in [1.82, 2.24) is 0 Å². The Hall–Kier alpha value is -1.13. The molecule has 0 fully saturated rings. The van der Waals surface area contributed by atoms with E-state index in [0.29, 0.717) is 11.4 Å². The van der Waals surface area contributed by atoms with E-state index in [0.717, 1.165) is 0 Å². The number of benzene rings is 1. The van der Waals surface area contributed by atoms with Crippen LogP contribution in [0.3, 0.4) is 0 Å². The molecule has 0 aliphatic carbocycles. The molecule has 1 aromatic carbocycles. The molecule has 0 aliphatic heterocycles. The van der Waals surface area contributed by atoms with Crippen LogP contribution in [0.2, 0.25) is 10.0 Å². The van der Waals surface area contributed by atoms with Gasteiger partial charge >= 0.3 is 0 Å². The average Bonchev–Trinajstić information content (AvgIpc) is 2.13. The van der Waals surface area contributed by atoms with Crippen LogP contribution in [-0.4, -0.2) is 13.1 Å². The van der Waals surface area contributed by atoms with Crippen LogP contribution in [-0.2, 0) is 0 Å². The van der Waals surface area contributed by atoms with Gasteiger partial charge in [-0.2, -0.15) is 0 Å². The van der Waals surface area contributed by atoms with Crippen molar-refractivity contribution in [2.75, 3.05) is 7.11 Å². The largest absolute Gasteiger partial charge is 0.495 e. The van der Waals surface area contributed by atoms with Crippen molar-refractivity contribution in [3.05, 3.63) is 22.2 Å². The molecule has 0 atom stereocenters. The number of guanidine groups is 1. The lowest BCUT2D eigenvalue weighted by molar-refractivity contribution is 0.415. The van der Waals surface area contributed by atoms with Crippen LogP contribution in [0, 0.1) is 0 Å². The highest BCUT2D eigenvalue weighted by Crippen LogP contribution is 2.38. The van der Waals surface area contributed by atoms with Gasteiger partial charge in [-0.15, -0.1) is 0 Å². The smallest absolute Gasteiger partial charge is 0.191 e. The Morgan fingerprint density at radius 1 is 1.29 bits per heavy atom. The number of aliphatic imine (C=N–C) groups is 1. The predicted molar refractivity (Wildman–Crippen MR) is 58.5 cm³/mol. The number of hydrogen-bond donors (Lipinski definition) is 2. The molecule has 0 radical (unpaired) electrons. The van der Waals surface area contributed by atoms with E-state index in [4.69, 9.17) is 39.4 Å². The molecule has 0 saturated carbocycles. The number of nitrogens with two attached hydrogens (primary N) is 2. The van der Waals surface area contributed by atoms with Gasteiger partial charge < -0.3 is 16.2 Å². The fourth-order valence-electron chi connectivity index (χ4n) is 0.905. The first kappa shape index (κ1) is 10.9. The maximum absolute atomic E-state index is 5.89. The molecule has 6 heteroatoms. The maximum atomic E-state index is 5.89. The van der Waals surface area contributed by atoms with Crippen molar-refractivity contribution in [3.8, 4) is 5.75 Å². The minimum absolute atomic E-state index is 0.0758. The quantitative estimate of drug-likeness (QED) is 0.606. The molecule has 0 unspecified atom stereocenters. The zero-order chi connectivity index (χ0) is 10.7. The van der Waals surface area contributed by atoms with E-state index in [-0.39, 0.29) is 16.0 Å². The number of rotatable bonds is 2. The van der Waals surface area contributed by atoms with Crippen LogP contribution >= 0.6 is 23.2 Å². The van der Waals surface area contributed by atoms with E-state index in [2.05, 4.69) is 4.99 Å². The summed E-state index contributed by atoms with van der Waals surface area (Å²) in [5, 5.41) is 0.552.